The Kier molecular flexibility index (Phi) is 2.99. The first-order valence-electron chi connectivity index (χ1n) is 6.75. The Hall–Kier alpha value is -1.87. The molecule has 0 saturated carbocycles. The first-order chi connectivity index (χ1) is 9.18. The lowest BCUT2D eigenvalue weighted by atomic mass is 10.1. The van der Waals surface area contributed by atoms with Crippen molar-refractivity contribution in [3.8, 4) is 0 Å². The molecule has 0 bridgehead atoms. The number of nitrogens with zero attached hydrogens (tertiary/aromatic N) is 1. The van der Waals surface area contributed by atoms with Gasteiger partial charge in [0.2, 0.25) is 0 Å². The highest BCUT2D eigenvalue weighted by Crippen LogP contribution is 2.36. The van der Waals surface area contributed by atoms with Gasteiger partial charge in [-0.3, -0.25) is 4.79 Å². The molecule has 19 heavy (non-hydrogen) atoms. The first kappa shape index (κ1) is 12.2. The zero-order valence-electron chi connectivity index (χ0n) is 11.3. The van der Waals surface area contributed by atoms with E-state index >= 15 is 0 Å². The number of rotatable bonds is 4. The molecule has 3 rings (SSSR count). The van der Waals surface area contributed by atoms with Gasteiger partial charge in [0.05, 0.1) is 5.69 Å². The summed E-state index contributed by atoms with van der Waals surface area (Å²) in [4.78, 5) is 14.3. The molecule has 0 spiro atoms. The molecule has 1 aliphatic heterocycles. The Morgan fingerprint density at radius 2 is 1.89 bits per heavy atom. The second-order valence-corrected chi connectivity index (χ2v) is 5.25. The summed E-state index contributed by atoms with van der Waals surface area (Å²) in [6.07, 6.45) is 0. The molecular weight excluding hydrogens is 236 g/mol. The summed E-state index contributed by atoms with van der Waals surface area (Å²) in [6.45, 7) is 5.75. The van der Waals surface area contributed by atoms with Crippen LogP contribution >= 0.6 is 0 Å². The van der Waals surface area contributed by atoms with Gasteiger partial charge in [0.1, 0.15) is 0 Å². The molecule has 0 radical (unpaired) electrons. The van der Waals surface area contributed by atoms with E-state index in [9.17, 15) is 4.79 Å². The molecule has 1 N–H and O–H groups in total. The highest BCUT2D eigenvalue weighted by molar-refractivity contribution is 6.24. The summed E-state index contributed by atoms with van der Waals surface area (Å²) in [7, 11) is 0. The van der Waals surface area contributed by atoms with E-state index in [1.807, 2.05) is 29.2 Å². The fraction of sp³-hybridized carbons (Fsp3) is 0.312. The number of amides is 1. The van der Waals surface area contributed by atoms with Crippen LogP contribution in [0, 0.1) is 0 Å². The van der Waals surface area contributed by atoms with Crippen molar-refractivity contribution in [3.05, 3.63) is 42.0 Å². The van der Waals surface area contributed by atoms with Crippen molar-refractivity contribution in [2.24, 2.45) is 0 Å². The number of benzene rings is 2. The Morgan fingerprint density at radius 1 is 1.16 bits per heavy atom. The van der Waals surface area contributed by atoms with Gasteiger partial charge < -0.3 is 10.2 Å². The molecule has 1 heterocycles. The third-order valence-corrected chi connectivity index (χ3v) is 3.54. The van der Waals surface area contributed by atoms with E-state index in [0.29, 0.717) is 12.6 Å². The van der Waals surface area contributed by atoms with E-state index in [2.05, 4.69) is 31.3 Å². The van der Waals surface area contributed by atoms with Crippen LogP contribution in [0.4, 0.5) is 5.69 Å². The van der Waals surface area contributed by atoms with Crippen LogP contribution in [0.2, 0.25) is 0 Å². The van der Waals surface area contributed by atoms with Gasteiger partial charge in [-0.15, -0.1) is 0 Å². The smallest absolute Gasteiger partial charge is 0.259 e. The standard InChI is InChI=1S/C16H18N2O/c1-11(2)17-9-10-18-14-8-4-6-12-5-3-7-13(15(12)14)16(18)19/h3-8,11,17H,9-10H2,1-2H3. The molecule has 0 atom stereocenters. The van der Waals surface area contributed by atoms with Gasteiger partial charge in [0, 0.05) is 30.1 Å². The van der Waals surface area contributed by atoms with Crippen molar-refractivity contribution in [2.75, 3.05) is 18.0 Å². The van der Waals surface area contributed by atoms with Gasteiger partial charge in [0.15, 0.2) is 0 Å². The van der Waals surface area contributed by atoms with Gasteiger partial charge in [-0.2, -0.15) is 0 Å². The minimum Gasteiger partial charge on any atom is -0.313 e. The number of anilines is 1. The quantitative estimate of drug-likeness (QED) is 0.910. The van der Waals surface area contributed by atoms with E-state index in [1.54, 1.807) is 0 Å². The minimum atomic E-state index is 0.123. The maximum absolute atomic E-state index is 12.5. The molecule has 98 valence electrons. The second-order valence-electron chi connectivity index (χ2n) is 5.25. The fourth-order valence-electron chi connectivity index (χ4n) is 2.67. The topological polar surface area (TPSA) is 32.3 Å². The molecule has 1 aliphatic rings. The first-order valence-corrected chi connectivity index (χ1v) is 6.75. The summed E-state index contributed by atoms with van der Waals surface area (Å²) < 4.78 is 0. The largest absolute Gasteiger partial charge is 0.313 e. The van der Waals surface area contributed by atoms with E-state index in [-0.39, 0.29) is 5.91 Å². The molecule has 0 aromatic heterocycles. The van der Waals surface area contributed by atoms with Crippen molar-refractivity contribution in [2.45, 2.75) is 19.9 Å². The van der Waals surface area contributed by atoms with Gasteiger partial charge in [0.25, 0.3) is 5.91 Å². The normalized spacial score (nSPS) is 13.8. The monoisotopic (exact) mass is 254 g/mol. The Labute approximate surface area is 113 Å². The van der Waals surface area contributed by atoms with Crippen LogP contribution in [0.5, 0.6) is 0 Å². The van der Waals surface area contributed by atoms with Crippen molar-refractivity contribution in [1.29, 1.82) is 0 Å². The molecule has 3 nitrogen and oxygen atoms in total. The molecule has 0 saturated heterocycles. The van der Waals surface area contributed by atoms with Crippen LogP contribution in [0.3, 0.4) is 0 Å². The zero-order chi connectivity index (χ0) is 13.4. The van der Waals surface area contributed by atoms with Gasteiger partial charge in [-0.1, -0.05) is 38.1 Å². The SMILES string of the molecule is CC(C)NCCN1C(=O)c2cccc3cccc1c23. The summed E-state index contributed by atoms with van der Waals surface area (Å²) in [5, 5.41) is 5.60. The van der Waals surface area contributed by atoms with E-state index in [0.717, 1.165) is 28.6 Å². The number of hydrogen-bond acceptors (Lipinski definition) is 2. The van der Waals surface area contributed by atoms with Crippen LogP contribution in [0.25, 0.3) is 10.8 Å². The number of carbonyl (C=O) groups excluding carboxylic acids is 1. The molecule has 2 aromatic rings. The summed E-state index contributed by atoms with van der Waals surface area (Å²) in [5.74, 6) is 0.123. The molecule has 0 aliphatic carbocycles. The van der Waals surface area contributed by atoms with Crippen molar-refractivity contribution < 1.29 is 4.79 Å². The highest BCUT2D eigenvalue weighted by atomic mass is 16.2. The van der Waals surface area contributed by atoms with Gasteiger partial charge in [-0.05, 0) is 17.5 Å². The van der Waals surface area contributed by atoms with Crippen LogP contribution in [0.15, 0.2) is 36.4 Å². The molecule has 0 fully saturated rings. The summed E-state index contributed by atoms with van der Waals surface area (Å²) in [6, 6.07) is 12.5. The average molecular weight is 254 g/mol. The lowest BCUT2D eigenvalue weighted by molar-refractivity contribution is 0.0993. The Morgan fingerprint density at radius 3 is 2.63 bits per heavy atom. The van der Waals surface area contributed by atoms with Gasteiger partial charge >= 0.3 is 0 Å². The lowest BCUT2D eigenvalue weighted by Gasteiger charge is -2.18. The van der Waals surface area contributed by atoms with Crippen molar-refractivity contribution >= 4 is 22.4 Å². The maximum atomic E-state index is 12.5. The molecule has 1 amide bonds. The van der Waals surface area contributed by atoms with Crippen LogP contribution in [0.1, 0.15) is 24.2 Å². The molecule has 3 heteroatoms. The molecular formula is C16H18N2O. The average Bonchev–Trinajstić information content (AvgIpc) is 2.67. The predicted octanol–water partition coefficient (Wildman–Crippen LogP) is 2.80. The minimum absolute atomic E-state index is 0.123. The predicted molar refractivity (Wildman–Crippen MR) is 78.8 cm³/mol. The summed E-state index contributed by atoms with van der Waals surface area (Å²) >= 11 is 0. The lowest BCUT2D eigenvalue weighted by Crippen LogP contribution is -2.36. The number of hydrogen-bond donors (Lipinski definition) is 1. The maximum Gasteiger partial charge on any atom is 0.259 e. The van der Waals surface area contributed by atoms with Crippen LogP contribution in [-0.4, -0.2) is 25.0 Å². The van der Waals surface area contributed by atoms with Gasteiger partial charge in [-0.25, -0.2) is 0 Å². The second kappa shape index (κ2) is 4.67. The van der Waals surface area contributed by atoms with Crippen LogP contribution < -0.4 is 10.2 Å². The highest BCUT2D eigenvalue weighted by Gasteiger charge is 2.28. The number of nitrogens with one attached hydrogen (secondary N) is 1. The fourth-order valence-corrected chi connectivity index (χ4v) is 2.67. The Bertz CT molecular complexity index is 628. The molecule has 0 unspecified atom stereocenters. The van der Waals surface area contributed by atoms with E-state index in [4.69, 9.17) is 0 Å². The Balaban J connectivity index is 1.94. The zero-order valence-corrected chi connectivity index (χ0v) is 11.3. The summed E-state index contributed by atoms with van der Waals surface area (Å²) in [5.41, 5.74) is 1.88. The molecule has 2 aromatic carbocycles. The number of carbonyl (C=O) groups is 1. The third kappa shape index (κ3) is 2.00. The van der Waals surface area contributed by atoms with E-state index < -0.39 is 0 Å². The van der Waals surface area contributed by atoms with E-state index in [1.165, 1.54) is 0 Å². The third-order valence-electron chi connectivity index (χ3n) is 3.54. The van der Waals surface area contributed by atoms with Crippen molar-refractivity contribution in [3.63, 3.8) is 0 Å². The van der Waals surface area contributed by atoms with Crippen LogP contribution in [-0.2, 0) is 0 Å². The van der Waals surface area contributed by atoms with Crippen molar-refractivity contribution in [1.82, 2.24) is 5.32 Å².